The minimum Gasteiger partial charge on any atom is -0.372 e. The maximum atomic E-state index is 13.0. The molecule has 1 saturated carbocycles. The molecule has 3 atom stereocenters. The Bertz CT molecular complexity index is 476. The summed E-state index contributed by atoms with van der Waals surface area (Å²) in [5, 5.41) is 14.2. The van der Waals surface area contributed by atoms with E-state index < -0.39 is 18.1 Å². The first-order valence-corrected chi connectivity index (χ1v) is 6.02. The fourth-order valence-corrected chi connectivity index (χ4v) is 2.42. The predicted octanol–water partition coefficient (Wildman–Crippen LogP) is 0.491. The number of rotatable bonds is 1. The lowest BCUT2D eigenvalue weighted by Gasteiger charge is -2.26. The van der Waals surface area contributed by atoms with Gasteiger partial charge < -0.3 is 15.7 Å². The number of aliphatic hydroxyl groups excluding tert-OH is 1. The molecule has 1 aliphatic heterocycles. The zero-order chi connectivity index (χ0) is 13.1. The summed E-state index contributed by atoms with van der Waals surface area (Å²) in [5.74, 6) is -2.74. The highest BCUT2D eigenvalue weighted by atomic mass is 19.3. The van der Waals surface area contributed by atoms with Gasteiger partial charge >= 0.3 is 0 Å². The standard InChI is InChI=1S/C11H16F2N4O/c1-16-9-4-8(6-5-11(6,12)13)15-17(9)3-2-7(14)10(16)18/h4,6-7,10,18H,2-3,5,14H2,1H3. The van der Waals surface area contributed by atoms with Crippen molar-refractivity contribution in [1.29, 1.82) is 0 Å². The minimum absolute atomic E-state index is 0.130. The van der Waals surface area contributed by atoms with Crippen molar-refractivity contribution in [3.8, 4) is 0 Å². The second kappa shape index (κ2) is 3.64. The first-order chi connectivity index (χ1) is 8.40. The van der Waals surface area contributed by atoms with Crippen LogP contribution in [0.5, 0.6) is 0 Å². The Morgan fingerprint density at radius 2 is 2.22 bits per heavy atom. The Hall–Kier alpha value is -1.21. The summed E-state index contributed by atoms with van der Waals surface area (Å²) in [5.41, 5.74) is 6.21. The lowest BCUT2D eigenvalue weighted by atomic mass is 10.2. The number of anilines is 1. The van der Waals surface area contributed by atoms with Gasteiger partial charge in [-0.25, -0.2) is 13.5 Å². The number of hydrogen-bond acceptors (Lipinski definition) is 4. The van der Waals surface area contributed by atoms with Gasteiger partial charge in [-0.15, -0.1) is 0 Å². The zero-order valence-corrected chi connectivity index (χ0v) is 10.1. The summed E-state index contributed by atoms with van der Waals surface area (Å²) in [7, 11) is 1.69. The van der Waals surface area contributed by atoms with Crippen LogP contribution in [0.15, 0.2) is 6.07 Å². The molecule has 3 N–H and O–H groups in total. The van der Waals surface area contributed by atoms with Crippen LogP contribution in [0, 0.1) is 0 Å². The highest BCUT2D eigenvalue weighted by Gasteiger charge is 2.59. The van der Waals surface area contributed by atoms with Crippen molar-refractivity contribution in [2.75, 3.05) is 11.9 Å². The average Bonchev–Trinajstić information content (AvgIpc) is 2.81. The molecule has 2 aliphatic rings. The number of aryl methyl sites for hydroxylation is 1. The molecule has 0 spiro atoms. The number of aromatic nitrogens is 2. The van der Waals surface area contributed by atoms with Crippen LogP contribution in [0.2, 0.25) is 0 Å². The van der Waals surface area contributed by atoms with Crippen LogP contribution < -0.4 is 10.6 Å². The fourth-order valence-electron chi connectivity index (χ4n) is 2.42. The minimum atomic E-state index is -2.62. The van der Waals surface area contributed by atoms with Crippen LogP contribution in [0.3, 0.4) is 0 Å². The third kappa shape index (κ3) is 1.69. The molecule has 0 radical (unpaired) electrons. The fraction of sp³-hybridized carbons (Fsp3) is 0.727. The topological polar surface area (TPSA) is 67.3 Å². The van der Waals surface area contributed by atoms with Gasteiger partial charge in [0.15, 0.2) is 0 Å². The van der Waals surface area contributed by atoms with Gasteiger partial charge in [-0.05, 0) is 6.42 Å². The number of likely N-dealkylation sites (N-methyl/N-ethyl adjacent to an activating group) is 1. The SMILES string of the molecule is CN1c2cc(C3CC3(F)F)nn2CCC(N)C1O. The van der Waals surface area contributed by atoms with Crippen molar-refractivity contribution in [2.24, 2.45) is 5.73 Å². The zero-order valence-electron chi connectivity index (χ0n) is 10.1. The van der Waals surface area contributed by atoms with Crippen molar-refractivity contribution in [1.82, 2.24) is 9.78 Å². The predicted molar refractivity (Wildman–Crippen MR) is 61.5 cm³/mol. The monoisotopic (exact) mass is 258 g/mol. The van der Waals surface area contributed by atoms with Crippen LogP contribution in [0.4, 0.5) is 14.6 Å². The molecule has 18 heavy (non-hydrogen) atoms. The molecule has 1 aliphatic carbocycles. The Labute approximate surface area is 103 Å². The molecule has 3 unspecified atom stereocenters. The molecular weight excluding hydrogens is 242 g/mol. The third-order valence-electron chi connectivity index (χ3n) is 3.78. The second-order valence-electron chi connectivity index (χ2n) is 5.15. The van der Waals surface area contributed by atoms with Crippen molar-refractivity contribution < 1.29 is 13.9 Å². The van der Waals surface area contributed by atoms with Gasteiger partial charge in [0, 0.05) is 26.1 Å². The summed E-state index contributed by atoms with van der Waals surface area (Å²) in [6.45, 7) is 0.538. The Morgan fingerprint density at radius 3 is 2.83 bits per heavy atom. The first kappa shape index (κ1) is 11.9. The molecule has 3 rings (SSSR count). The van der Waals surface area contributed by atoms with E-state index in [0.29, 0.717) is 24.5 Å². The lowest BCUT2D eigenvalue weighted by Crippen LogP contribution is -2.45. The molecular formula is C11H16F2N4O. The summed E-state index contributed by atoms with van der Waals surface area (Å²) in [4.78, 5) is 1.59. The highest BCUT2D eigenvalue weighted by Crippen LogP contribution is 2.55. The van der Waals surface area contributed by atoms with Gasteiger partial charge in [0.05, 0.1) is 17.7 Å². The van der Waals surface area contributed by atoms with Gasteiger partial charge in [-0.1, -0.05) is 0 Å². The van der Waals surface area contributed by atoms with E-state index in [4.69, 9.17) is 5.73 Å². The maximum Gasteiger partial charge on any atom is 0.257 e. The van der Waals surface area contributed by atoms with Crippen molar-refractivity contribution in [2.45, 2.75) is 43.5 Å². The average molecular weight is 258 g/mol. The maximum absolute atomic E-state index is 13.0. The number of alkyl halides is 2. The summed E-state index contributed by atoms with van der Waals surface area (Å²) >= 11 is 0. The molecule has 2 heterocycles. The molecule has 1 aromatic rings. The number of halogens is 2. The summed E-state index contributed by atoms with van der Waals surface area (Å²) in [6.07, 6.45) is -0.369. The number of hydrogen-bond donors (Lipinski definition) is 2. The van der Waals surface area contributed by atoms with Crippen molar-refractivity contribution in [3.63, 3.8) is 0 Å². The largest absolute Gasteiger partial charge is 0.372 e. The van der Waals surface area contributed by atoms with Crippen LogP contribution in [0.1, 0.15) is 24.5 Å². The molecule has 1 fully saturated rings. The quantitative estimate of drug-likeness (QED) is 0.769. The molecule has 0 amide bonds. The third-order valence-corrected chi connectivity index (χ3v) is 3.78. The van der Waals surface area contributed by atoms with Crippen LogP contribution in [-0.2, 0) is 6.54 Å². The Kier molecular flexibility index (Phi) is 2.40. The molecule has 0 aromatic carbocycles. The molecule has 100 valence electrons. The van der Waals surface area contributed by atoms with E-state index in [9.17, 15) is 13.9 Å². The molecule has 0 saturated heterocycles. The summed E-state index contributed by atoms with van der Waals surface area (Å²) < 4.78 is 27.7. The second-order valence-corrected chi connectivity index (χ2v) is 5.15. The molecule has 1 aromatic heterocycles. The van der Waals surface area contributed by atoms with Crippen LogP contribution >= 0.6 is 0 Å². The van der Waals surface area contributed by atoms with Crippen LogP contribution in [-0.4, -0.2) is 40.1 Å². The molecule has 5 nitrogen and oxygen atoms in total. The van der Waals surface area contributed by atoms with Gasteiger partial charge in [-0.3, -0.25) is 0 Å². The summed E-state index contributed by atoms with van der Waals surface area (Å²) in [6, 6.07) is 1.27. The number of nitrogens with two attached hydrogens (primary N) is 1. The lowest BCUT2D eigenvalue weighted by molar-refractivity contribution is 0.111. The van der Waals surface area contributed by atoms with E-state index in [1.807, 2.05) is 0 Å². The smallest absolute Gasteiger partial charge is 0.257 e. The number of nitrogens with zero attached hydrogens (tertiary/aromatic N) is 3. The number of fused-ring (bicyclic) bond motifs is 1. The van der Waals surface area contributed by atoms with E-state index >= 15 is 0 Å². The van der Waals surface area contributed by atoms with Gasteiger partial charge in [0.1, 0.15) is 12.0 Å². The van der Waals surface area contributed by atoms with Gasteiger partial charge in [0.25, 0.3) is 5.92 Å². The van der Waals surface area contributed by atoms with E-state index in [1.165, 1.54) is 0 Å². The molecule has 7 heteroatoms. The van der Waals surface area contributed by atoms with Crippen molar-refractivity contribution >= 4 is 5.82 Å². The molecule has 0 bridgehead atoms. The van der Waals surface area contributed by atoms with Crippen molar-refractivity contribution in [3.05, 3.63) is 11.8 Å². The number of aliphatic hydroxyl groups is 1. The van der Waals surface area contributed by atoms with Crippen LogP contribution in [0.25, 0.3) is 0 Å². The van der Waals surface area contributed by atoms with E-state index in [2.05, 4.69) is 5.10 Å². The highest BCUT2D eigenvalue weighted by molar-refractivity contribution is 5.44. The van der Waals surface area contributed by atoms with E-state index in [0.717, 1.165) is 0 Å². The van der Waals surface area contributed by atoms with Gasteiger partial charge in [-0.2, -0.15) is 5.10 Å². The van der Waals surface area contributed by atoms with Gasteiger partial charge in [0.2, 0.25) is 0 Å². The Balaban J connectivity index is 1.92. The first-order valence-electron chi connectivity index (χ1n) is 6.02. The van der Waals surface area contributed by atoms with E-state index in [1.54, 1.807) is 22.7 Å². The Morgan fingerprint density at radius 1 is 1.56 bits per heavy atom. The van der Waals surface area contributed by atoms with E-state index in [-0.39, 0.29) is 12.5 Å². The normalized spacial score (nSPS) is 34.1.